The van der Waals surface area contributed by atoms with Gasteiger partial charge in [-0.2, -0.15) is 0 Å². The van der Waals surface area contributed by atoms with Gasteiger partial charge in [-0.1, -0.05) is 42.0 Å². The summed E-state index contributed by atoms with van der Waals surface area (Å²) >= 11 is 0. The normalized spacial score (nSPS) is 16.1. The molecular formula is C24H24N2O2. The number of amides is 1. The Balaban J connectivity index is 1.53. The minimum Gasteiger partial charge on any atom is -0.490 e. The van der Waals surface area contributed by atoms with Gasteiger partial charge in [-0.15, -0.1) is 0 Å². The van der Waals surface area contributed by atoms with Crippen molar-refractivity contribution in [2.75, 3.05) is 0 Å². The Morgan fingerprint density at radius 3 is 2.57 bits per heavy atom. The number of carbonyl (C=O) groups excluding carboxylic acids is 1. The molecule has 2 heterocycles. The highest BCUT2D eigenvalue weighted by Crippen LogP contribution is 2.29. The lowest BCUT2D eigenvalue weighted by molar-refractivity contribution is -0.120. The summed E-state index contributed by atoms with van der Waals surface area (Å²) in [5.74, 6) is 0.931. The highest BCUT2D eigenvalue weighted by atomic mass is 16.5. The van der Waals surface area contributed by atoms with E-state index in [0.717, 1.165) is 28.9 Å². The van der Waals surface area contributed by atoms with Gasteiger partial charge < -0.3 is 10.1 Å². The molecule has 0 aliphatic carbocycles. The van der Waals surface area contributed by atoms with Crippen molar-refractivity contribution in [2.24, 2.45) is 0 Å². The van der Waals surface area contributed by atoms with E-state index in [1.54, 1.807) is 12.4 Å². The maximum atomic E-state index is 12.8. The second kappa shape index (κ2) is 7.85. The van der Waals surface area contributed by atoms with E-state index in [1.165, 1.54) is 11.1 Å². The molecule has 1 aromatic heterocycles. The number of nitrogens with one attached hydrogen (secondary N) is 1. The first-order valence-electron chi connectivity index (χ1n) is 9.63. The molecule has 0 saturated heterocycles. The number of rotatable bonds is 5. The van der Waals surface area contributed by atoms with E-state index in [2.05, 4.69) is 54.5 Å². The first-order chi connectivity index (χ1) is 13.6. The Kier molecular flexibility index (Phi) is 5.11. The van der Waals surface area contributed by atoms with Gasteiger partial charge in [-0.25, -0.2) is 0 Å². The lowest BCUT2D eigenvalue weighted by Gasteiger charge is -2.20. The van der Waals surface area contributed by atoms with E-state index in [0.29, 0.717) is 6.42 Å². The molecule has 4 rings (SSSR count). The zero-order valence-corrected chi connectivity index (χ0v) is 16.2. The second-order valence-electron chi connectivity index (χ2n) is 7.44. The summed E-state index contributed by atoms with van der Waals surface area (Å²) in [5, 5.41) is 3.20. The third-order valence-electron chi connectivity index (χ3n) is 5.08. The molecule has 3 aromatic rings. The van der Waals surface area contributed by atoms with Gasteiger partial charge in [-0.05, 0) is 54.3 Å². The monoisotopic (exact) mass is 372 g/mol. The fraction of sp³-hybridized carbons (Fsp3) is 0.250. The molecule has 1 aliphatic heterocycles. The van der Waals surface area contributed by atoms with Gasteiger partial charge in [0.2, 0.25) is 5.91 Å². The number of hydrogen-bond donors (Lipinski definition) is 1. The van der Waals surface area contributed by atoms with Gasteiger partial charge in [0.25, 0.3) is 0 Å². The fourth-order valence-electron chi connectivity index (χ4n) is 3.66. The van der Waals surface area contributed by atoms with Gasteiger partial charge in [0.1, 0.15) is 11.9 Å². The maximum Gasteiger partial charge on any atom is 0.225 e. The summed E-state index contributed by atoms with van der Waals surface area (Å²) in [6.07, 6.45) is 4.95. The van der Waals surface area contributed by atoms with Crippen LogP contribution in [0.2, 0.25) is 0 Å². The third kappa shape index (κ3) is 4.06. The second-order valence-corrected chi connectivity index (χ2v) is 7.44. The summed E-state index contributed by atoms with van der Waals surface area (Å²) < 4.78 is 5.75. The number of carbonyl (C=O) groups is 1. The van der Waals surface area contributed by atoms with Crippen molar-refractivity contribution in [1.82, 2.24) is 10.3 Å². The predicted octanol–water partition coefficient (Wildman–Crippen LogP) is 4.16. The summed E-state index contributed by atoms with van der Waals surface area (Å²) in [4.78, 5) is 16.9. The molecule has 4 nitrogen and oxygen atoms in total. The molecule has 1 amide bonds. The highest BCUT2D eigenvalue weighted by Gasteiger charge is 2.21. The number of aromatic nitrogens is 1. The number of pyridine rings is 1. The first-order valence-corrected chi connectivity index (χ1v) is 9.63. The Morgan fingerprint density at radius 1 is 1.11 bits per heavy atom. The van der Waals surface area contributed by atoms with Crippen LogP contribution in [0.15, 0.2) is 67.0 Å². The van der Waals surface area contributed by atoms with E-state index in [-0.39, 0.29) is 18.1 Å². The van der Waals surface area contributed by atoms with Crippen LogP contribution in [-0.4, -0.2) is 17.0 Å². The number of nitrogens with zero attached hydrogens (tertiary/aromatic N) is 1. The quantitative estimate of drug-likeness (QED) is 0.732. The lowest BCUT2D eigenvalue weighted by Crippen LogP contribution is -2.30. The Labute approximate surface area is 165 Å². The SMILES string of the molecule is Cc1ccc([C@H](NC(=O)Cc2ccc3c(c2)C[C@H](C)O3)c2ccncc2)cc1. The summed E-state index contributed by atoms with van der Waals surface area (Å²) in [6, 6.07) is 18.0. The van der Waals surface area contributed by atoms with E-state index in [4.69, 9.17) is 4.74 Å². The van der Waals surface area contributed by atoms with Crippen molar-refractivity contribution < 1.29 is 9.53 Å². The highest BCUT2D eigenvalue weighted by molar-refractivity contribution is 5.79. The zero-order valence-electron chi connectivity index (χ0n) is 16.2. The average molecular weight is 372 g/mol. The molecule has 2 aromatic carbocycles. The van der Waals surface area contributed by atoms with E-state index < -0.39 is 0 Å². The van der Waals surface area contributed by atoms with Crippen LogP contribution in [0.5, 0.6) is 5.75 Å². The number of hydrogen-bond acceptors (Lipinski definition) is 3. The van der Waals surface area contributed by atoms with Crippen molar-refractivity contribution >= 4 is 5.91 Å². The molecule has 28 heavy (non-hydrogen) atoms. The van der Waals surface area contributed by atoms with E-state index in [1.807, 2.05) is 24.3 Å². The van der Waals surface area contributed by atoms with Crippen LogP contribution in [-0.2, 0) is 17.6 Å². The van der Waals surface area contributed by atoms with Crippen LogP contribution in [0.25, 0.3) is 0 Å². The Hall–Kier alpha value is -3.14. The molecule has 0 spiro atoms. The average Bonchev–Trinajstić information content (AvgIpc) is 3.07. The summed E-state index contributed by atoms with van der Waals surface area (Å²) in [7, 11) is 0. The number of benzene rings is 2. The molecule has 0 unspecified atom stereocenters. The van der Waals surface area contributed by atoms with Gasteiger partial charge in [0, 0.05) is 18.8 Å². The van der Waals surface area contributed by atoms with Crippen LogP contribution in [0.4, 0.5) is 0 Å². The van der Waals surface area contributed by atoms with Gasteiger partial charge in [0.05, 0.1) is 12.5 Å². The lowest BCUT2D eigenvalue weighted by atomic mass is 9.98. The molecule has 1 aliphatic rings. The van der Waals surface area contributed by atoms with Crippen molar-refractivity contribution in [2.45, 2.75) is 38.8 Å². The van der Waals surface area contributed by atoms with Gasteiger partial charge in [0.15, 0.2) is 0 Å². The largest absolute Gasteiger partial charge is 0.490 e. The van der Waals surface area contributed by atoms with E-state index >= 15 is 0 Å². The topological polar surface area (TPSA) is 51.2 Å². The molecule has 0 fully saturated rings. The number of ether oxygens (including phenoxy) is 1. The molecule has 142 valence electrons. The number of aryl methyl sites for hydroxylation is 1. The van der Waals surface area contributed by atoms with Crippen LogP contribution in [0, 0.1) is 6.92 Å². The van der Waals surface area contributed by atoms with Crippen molar-refractivity contribution in [1.29, 1.82) is 0 Å². The first kappa shape index (κ1) is 18.2. The fourth-order valence-corrected chi connectivity index (χ4v) is 3.66. The third-order valence-corrected chi connectivity index (χ3v) is 5.08. The zero-order chi connectivity index (χ0) is 19.5. The maximum absolute atomic E-state index is 12.8. The molecule has 0 bridgehead atoms. The van der Waals surface area contributed by atoms with Crippen LogP contribution < -0.4 is 10.1 Å². The van der Waals surface area contributed by atoms with Crippen LogP contribution in [0.1, 0.15) is 40.8 Å². The van der Waals surface area contributed by atoms with Gasteiger partial charge >= 0.3 is 0 Å². The summed E-state index contributed by atoms with van der Waals surface area (Å²) in [5.41, 5.74) is 5.45. The van der Waals surface area contributed by atoms with Gasteiger partial charge in [-0.3, -0.25) is 9.78 Å². The molecule has 0 radical (unpaired) electrons. The Morgan fingerprint density at radius 2 is 1.82 bits per heavy atom. The molecular weight excluding hydrogens is 348 g/mol. The minimum atomic E-state index is -0.200. The van der Waals surface area contributed by atoms with Crippen LogP contribution in [0.3, 0.4) is 0 Å². The van der Waals surface area contributed by atoms with Crippen molar-refractivity contribution in [3.63, 3.8) is 0 Å². The molecule has 2 atom stereocenters. The summed E-state index contributed by atoms with van der Waals surface area (Å²) in [6.45, 7) is 4.12. The predicted molar refractivity (Wildman–Crippen MR) is 109 cm³/mol. The van der Waals surface area contributed by atoms with Crippen molar-refractivity contribution in [3.05, 3.63) is 94.8 Å². The smallest absolute Gasteiger partial charge is 0.225 e. The van der Waals surface area contributed by atoms with E-state index in [9.17, 15) is 4.79 Å². The van der Waals surface area contributed by atoms with Crippen LogP contribution >= 0.6 is 0 Å². The molecule has 4 heteroatoms. The molecule has 1 N–H and O–H groups in total. The van der Waals surface area contributed by atoms with Crippen molar-refractivity contribution in [3.8, 4) is 5.75 Å². The Bertz CT molecular complexity index is 968. The standard InChI is InChI=1S/C24H24N2O2/c1-16-3-6-19(7-4-16)24(20-9-11-25-12-10-20)26-23(27)15-18-5-8-22-21(14-18)13-17(2)28-22/h3-12,14,17,24H,13,15H2,1-2H3,(H,26,27)/t17-,24-/m0/s1. The number of fused-ring (bicyclic) bond motifs is 1. The minimum absolute atomic E-state index is 0.00528. The molecule has 0 saturated carbocycles.